The molecule has 2 saturated heterocycles. The van der Waals surface area contributed by atoms with Crippen molar-refractivity contribution in [2.75, 3.05) is 24.7 Å². The third kappa shape index (κ3) is 4.38. The van der Waals surface area contributed by atoms with Gasteiger partial charge in [0.2, 0.25) is 5.91 Å². The number of hydrogen-bond acceptors (Lipinski definition) is 3. The minimum atomic E-state index is -0.523. The molecule has 1 aliphatic carbocycles. The van der Waals surface area contributed by atoms with E-state index < -0.39 is 5.54 Å². The van der Waals surface area contributed by atoms with Crippen molar-refractivity contribution >= 4 is 23.2 Å². The van der Waals surface area contributed by atoms with E-state index in [4.69, 9.17) is 11.6 Å². The molecule has 3 fully saturated rings. The Labute approximate surface area is 227 Å². The topological polar surface area (TPSA) is 35.6 Å². The standard InChI is InChI=1S/C31H32ClF2N3O/c32-24-5-11-28(12-6-24)37-21-35-29(38)31(37)17-19-36(20-18-31)27-13-15-30(16-14-27,22-1-7-25(33)8-2-22)23-3-9-26(34)10-4-23/h1-12,27H,13-21H2,(H,35,38). The van der Waals surface area contributed by atoms with Crippen LogP contribution in [0.2, 0.25) is 5.02 Å². The minimum Gasteiger partial charge on any atom is -0.339 e. The molecule has 2 aliphatic heterocycles. The highest BCUT2D eigenvalue weighted by atomic mass is 35.5. The zero-order valence-electron chi connectivity index (χ0n) is 21.3. The van der Waals surface area contributed by atoms with Gasteiger partial charge >= 0.3 is 0 Å². The van der Waals surface area contributed by atoms with Crippen LogP contribution in [0.5, 0.6) is 0 Å². The molecule has 3 aromatic rings. The smallest absolute Gasteiger partial charge is 0.247 e. The quantitative estimate of drug-likeness (QED) is 0.427. The molecule has 1 amide bonds. The van der Waals surface area contributed by atoms with Crippen LogP contribution in [0.25, 0.3) is 0 Å². The molecule has 3 aromatic carbocycles. The lowest BCUT2D eigenvalue weighted by Crippen LogP contribution is -2.58. The van der Waals surface area contributed by atoms with Crippen LogP contribution >= 0.6 is 11.6 Å². The van der Waals surface area contributed by atoms with Gasteiger partial charge in [-0.25, -0.2) is 8.78 Å². The van der Waals surface area contributed by atoms with Crippen LogP contribution in [-0.4, -0.2) is 42.1 Å². The Kier molecular flexibility index (Phi) is 6.65. The molecule has 198 valence electrons. The zero-order valence-corrected chi connectivity index (χ0v) is 22.1. The number of halogens is 3. The van der Waals surface area contributed by atoms with Crippen LogP contribution < -0.4 is 10.2 Å². The Hall–Kier alpha value is -2.96. The summed E-state index contributed by atoms with van der Waals surface area (Å²) in [6.45, 7) is 2.24. The highest BCUT2D eigenvalue weighted by molar-refractivity contribution is 6.30. The lowest BCUT2D eigenvalue weighted by molar-refractivity contribution is -0.125. The summed E-state index contributed by atoms with van der Waals surface area (Å²) in [4.78, 5) is 17.8. The Morgan fingerprint density at radius 3 is 1.82 bits per heavy atom. The molecule has 1 saturated carbocycles. The zero-order chi connectivity index (χ0) is 26.3. The van der Waals surface area contributed by atoms with Crippen LogP contribution in [0.3, 0.4) is 0 Å². The molecule has 0 atom stereocenters. The molecule has 38 heavy (non-hydrogen) atoms. The van der Waals surface area contributed by atoms with E-state index >= 15 is 0 Å². The van der Waals surface area contributed by atoms with E-state index in [9.17, 15) is 13.6 Å². The van der Waals surface area contributed by atoms with Gasteiger partial charge < -0.3 is 15.1 Å². The summed E-state index contributed by atoms with van der Waals surface area (Å²) >= 11 is 6.10. The first-order valence-electron chi connectivity index (χ1n) is 13.5. The van der Waals surface area contributed by atoms with E-state index in [2.05, 4.69) is 15.1 Å². The number of anilines is 1. The van der Waals surface area contributed by atoms with Crippen molar-refractivity contribution in [2.45, 2.75) is 55.5 Å². The molecular formula is C31H32ClF2N3O. The van der Waals surface area contributed by atoms with Gasteiger partial charge in [-0.1, -0.05) is 35.9 Å². The molecule has 4 nitrogen and oxygen atoms in total. The van der Waals surface area contributed by atoms with Crippen LogP contribution in [0, 0.1) is 11.6 Å². The maximum atomic E-state index is 13.8. The first kappa shape index (κ1) is 25.3. The van der Waals surface area contributed by atoms with Crippen molar-refractivity contribution in [1.29, 1.82) is 0 Å². The molecule has 2 heterocycles. The number of rotatable bonds is 4. The second-order valence-electron chi connectivity index (χ2n) is 11.0. The average Bonchev–Trinajstić information content (AvgIpc) is 3.25. The van der Waals surface area contributed by atoms with Crippen molar-refractivity contribution in [3.63, 3.8) is 0 Å². The molecular weight excluding hydrogens is 504 g/mol. The number of carbonyl (C=O) groups is 1. The van der Waals surface area contributed by atoms with Gasteiger partial charge in [0, 0.05) is 35.3 Å². The number of nitrogens with one attached hydrogen (secondary N) is 1. The van der Waals surface area contributed by atoms with E-state index in [-0.39, 0.29) is 23.0 Å². The normalized spacial score (nSPS) is 21.6. The van der Waals surface area contributed by atoms with Gasteiger partial charge in [0.1, 0.15) is 17.2 Å². The van der Waals surface area contributed by atoms with Crippen molar-refractivity contribution in [1.82, 2.24) is 10.2 Å². The van der Waals surface area contributed by atoms with Gasteiger partial charge in [0.15, 0.2) is 0 Å². The maximum absolute atomic E-state index is 13.8. The lowest BCUT2D eigenvalue weighted by Gasteiger charge is -2.49. The van der Waals surface area contributed by atoms with Crippen molar-refractivity contribution in [3.05, 3.63) is 101 Å². The molecule has 7 heteroatoms. The summed E-state index contributed by atoms with van der Waals surface area (Å²) in [6.07, 6.45) is 5.36. The van der Waals surface area contributed by atoms with E-state index in [1.165, 1.54) is 24.3 Å². The van der Waals surface area contributed by atoms with Gasteiger partial charge in [0.05, 0.1) is 6.67 Å². The van der Waals surface area contributed by atoms with Crippen LogP contribution in [0.4, 0.5) is 14.5 Å². The molecule has 0 bridgehead atoms. The third-order valence-corrected chi connectivity index (χ3v) is 9.47. The Bertz CT molecular complexity index is 1230. The van der Waals surface area contributed by atoms with Gasteiger partial charge in [-0.3, -0.25) is 4.79 Å². The molecule has 0 unspecified atom stereocenters. The Balaban J connectivity index is 1.18. The fourth-order valence-electron chi connectivity index (χ4n) is 7.05. The predicted octanol–water partition coefficient (Wildman–Crippen LogP) is 6.28. The van der Waals surface area contributed by atoms with Crippen molar-refractivity contribution in [3.8, 4) is 0 Å². The predicted molar refractivity (Wildman–Crippen MR) is 146 cm³/mol. The van der Waals surface area contributed by atoms with E-state index in [1.54, 1.807) is 0 Å². The van der Waals surface area contributed by atoms with Crippen molar-refractivity contribution in [2.24, 2.45) is 0 Å². The average molecular weight is 536 g/mol. The third-order valence-electron chi connectivity index (χ3n) is 9.22. The van der Waals surface area contributed by atoms with E-state index in [0.717, 1.165) is 68.4 Å². The van der Waals surface area contributed by atoms with Crippen LogP contribution in [0.15, 0.2) is 72.8 Å². The van der Waals surface area contributed by atoms with E-state index in [0.29, 0.717) is 17.7 Å². The number of nitrogens with zero attached hydrogens (tertiary/aromatic N) is 2. The van der Waals surface area contributed by atoms with Crippen LogP contribution in [-0.2, 0) is 10.2 Å². The number of hydrogen-bond donors (Lipinski definition) is 1. The fourth-order valence-corrected chi connectivity index (χ4v) is 7.17. The summed E-state index contributed by atoms with van der Waals surface area (Å²) in [5.74, 6) is -0.382. The van der Waals surface area contributed by atoms with Gasteiger partial charge in [-0.15, -0.1) is 0 Å². The first-order chi connectivity index (χ1) is 18.4. The minimum absolute atomic E-state index is 0.113. The summed E-state index contributed by atoms with van der Waals surface area (Å²) in [5, 5.41) is 3.76. The molecule has 3 aliphatic rings. The van der Waals surface area contributed by atoms with Gasteiger partial charge in [0.25, 0.3) is 0 Å². The summed E-state index contributed by atoms with van der Waals surface area (Å²) in [6, 6.07) is 21.8. The first-order valence-corrected chi connectivity index (χ1v) is 13.9. The van der Waals surface area contributed by atoms with Gasteiger partial charge in [-0.05, 0) is 98.2 Å². The lowest BCUT2D eigenvalue weighted by atomic mass is 9.64. The maximum Gasteiger partial charge on any atom is 0.247 e. The molecule has 0 aromatic heterocycles. The summed E-state index contributed by atoms with van der Waals surface area (Å²) in [7, 11) is 0. The number of carbonyl (C=O) groups excluding carboxylic acids is 1. The highest BCUT2D eigenvalue weighted by Crippen LogP contribution is 2.47. The molecule has 6 rings (SSSR count). The summed E-state index contributed by atoms with van der Waals surface area (Å²) < 4.78 is 27.5. The summed E-state index contributed by atoms with van der Waals surface area (Å²) in [5.41, 5.74) is 2.41. The number of amides is 1. The Morgan fingerprint density at radius 2 is 1.29 bits per heavy atom. The van der Waals surface area contributed by atoms with Gasteiger partial charge in [-0.2, -0.15) is 0 Å². The highest BCUT2D eigenvalue weighted by Gasteiger charge is 2.51. The second-order valence-corrected chi connectivity index (χ2v) is 11.4. The van der Waals surface area contributed by atoms with Crippen LogP contribution in [0.1, 0.15) is 49.7 Å². The largest absolute Gasteiger partial charge is 0.339 e. The number of likely N-dealkylation sites (tertiary alicyclic amines) is 1. The number of piperidine rings is 1. The fraction of sp³-hybridized carbons (Fsp3) is 0.387. The van der Waals surface area contributed by atoms with Crippen molar-refractivity contribution < 1.29 is 13.6 Å². The SMILES string of the molecule is O=C1NCN(c2ccc(Cl)cc2)C12CCN(C1CCC(c3ccc(F)cc3)(c3ccc(F)cc3)CC1)CC2. The monoisotopic (exact) mass is 535 g/mol. The molecule has 0 radical (unpaired) electrons. The molecule has 1 N–H and O–H groups in total. The van der Waals surface area contributed by atoms with E-state index in [1.807, 2.05) is 48.5 Å². The molecule has 1 spiro atoms. The number of benzene rings is 3. The Morgan fingerprint density at radius 1 is 0.763 bits per heavy atom. The second kappa shape index (κ2) is 9.97.